The number of carbonyl (C=O) groups excluding carboxylic acids is 1. The summed E-state index contributed by atoms with van der Waals surface area (Å²) in [5.41, 5.74) is -0.226. The van der Waals surface area contributed by atoms with Gasteiger partial charge in [-0.25, -0.2) is 4.98 Å². The fourth-order valence-electron chi connectivity index (χ4n) is 1.05. The van der Waals surface area contributed by atoms with E-state index in [2.05, 4.69) is 4.98 Å². The third kappa shape index (κ3) is 2.28. The number of amides is 1. The zero-order chi connectivity index (χ0) is 9.90. The van der Waals surface area contributed by atoms with Crippen molar-refractivity contribution in [1.29, 1.82) is 0 Å². The standard InChI is InChI=1S/C10H14N2O/c1-10(2,3)12(8-13)9-6-4-5-7-11-9/h4-8H,1-3H3. The van der Waals surface area contributed by atoms with Gasteiger partial charge in [-0.3, -0.25) is 9.69 Å². The molecule has 0 aliphatic rings. The van der Waals surface area contributed by atoms with E-state index in [0.717, 1.165) is 6.41 Å². The molecule has 0 spiro atoms. The number of carbonyl (C=O) groups is 1. The van der Waals surface area contributed by atoms with Crippen LogP contribution >= 0.6 is 0 Å². The average molecular weight is 178 g/mol. The van der Waals surface area contributed by atoms with E-state index < -0.39 is 0 Å². The van der Waals surface area contributed by atoms with E-state index in [1.807, 2.05) is 39.0 Å². The first-order valence-electron chi connectivity index (χ1n) is 4.21. The summed E-state index contributed by atoms with van der Waals surface area (Å²) in [5, 5.41) is 0. The van der Waals surface area contributed by atoms with Gasteiger partial charge in [0.05, 0.1) is 0 Å². The van der Waals surface area contributed by atoms with Crippen LogP contribution in [0.15, 0.2) is 24.4 Å². The summed E-state index contributed by atoms with van der Waals surface area (Å²) < 4.78 is 0. The summed E-state index contributed by atoms with van der Waals surface area (Å²) in [5.74, 6) is 0.685. The highest BCUT2D eigenvalue weighted by Crippen LogP contribution is 2.18. The van der Waals surface area contributed by atoms with Gasteiger partial charge in [0.1, 0.15) is 5.82 Å². The van der Waals surface area contributed by atoms with Crippen molar-refractivity contribution in [3.63, 3.8) is 0 Å². The predicted molar refractivity (Wildman–Crippen MR) is 52.5 cm³/mol. The second-order valence-electron chi connectivity index (χ2n) is 3.83. The van der Waals surface area contributed by atoms with E-state index in [4.69, 9.17) is 0 Å². The lowest BCUT2D eigenvalue weighted by atomic mass is 10.1. The number of pyridine rings is 1. The first-order chi connectivity index (χ1) is 6.05. The minimum absolute atomic E-state index is 0.226. The van der Waals surface area contributed by atoms with Crippen molar-refractivity contribution in [2.24, 2.45) is 0 Å². The molecule has 0 saturated heterocycles. The molecule has 1 aromatic heterocycles. The van der Waals surface area contributed by atoms with Crippen molar-refractivity contribution in [3.8, 4) is 0 Å². The van der Waals surface area contributed by atoms with Crippen molar-refractivity contribution in [2.45, 2.75) is 26.3 Å². The number of anilines is 1. The number of hydrogen-bond acceptors (Lipinski definition) is 2. The number of nitrogens with zero attached hydrogens (tertiary/aromatic N) is 2. The Hall–Kier alpha value is -1.38. The highest BCUT2D eigenvalue weighted by atomic mass is 16.1. The maximum absolute atomic E-state index is 10.8. The monoisotopic (exact) mass is 178 g/mol. The zero-order valence-electron chi connectivity index (χ0n) is 8.19. The lowest BCUT2D eigenvalue weighted by Crippen LogP contribution is -2.40. The van der Waals surface area contributed by atoms with Crippen LogP contribution in [-0.2, 0) is 4.79 Å². The van der Waals surface area contributed by atoms with Gasteiger partial charge in [-0.05, 0) is 32.9 Å². The summed E-state index contributed by atoms with van der Waals surface area (Å²) >= 11 is 0. The van der Waals surface area contributed by atoms with Gasteiger partial charge in [0.25, 0.3) is 0 Å². The van der Waals surface area contributed by atoms with Gasteiger partial charge >= 0.3 is 0 Å². The Morgan fingerprint density at radius 3 is 2.46 bits per heavy atom. The van der Waals surface area contributed by atoms with Crippen LogP contribution in [0.4, 0.5) is 5.82 Å². The molecule has 0 aromatic carbocycles. The van der Waals surface area contributed by atoms with E-state index in [0.29, 0.717) is 5.82 Å². The lowest BCUT2D eigenvalue weighted by Gasteiger charge is -2.30. The van der Waals surface area contributed by atoms with Crippen LogP contribution in [0.1, 0.15) is 20.8 Å². The third-order valence-electron chi connectivity index (χ3n) is 1.72. The summed E-state index contributed by atoms with van der Waals surface area (Å²) in [6.07, 6.45) is 2.49. The maximum atomic E-state index is 10.8. The molecule has 0 aliphatic heterocycles. The molecule has 1 aromatic rings. The Morgan fingerprint density at radius 1 is 1.38 bits per heavy atom. The van der Waals surface area contributed by atoms with Gasteiger partial charge in [0.15, 0.2) is 0 Å². The molecule has 1 amide bonds. The molecule has 0 atom stereocenters. The van der Waals surface area contributed by atoms with E-state index >= 15 is 0 Å². The Labute approximate surface area is 78.4 Å². The minimum Gasteiger partial charge on any atom is -0.294 e. The molecule has 13 heavy (non-hydrogen) atoms. The molecule has 0 bridgehead atoms. The van der Waals surface area contributed by atoms with Crippen LogP contribution in [0.25, 0.3) is 0 Å². The van der Waals surface area contributed by atoms with Gasteiger partial charge in [0, 0.05) is 11.7 Å². The van der Waals surface area contributed by atoms with Crippen LogP contribution in [0, 0.1) is 0 Å². The van der Waals surface area contributed by atoms with Crippen molar-refractivity contribution < 1.29 is 4.79 Å². The van der Waals surface area contributed by atoms with Crippen LogP contribution in [0.2, 0.25) is 0 Å². The van der Waals surface area contributed by atoms with Gasteiger partial charge in [-0.2, -0.15) is 0 Å². The van der Waals surface area contributed by atoms with Crippen LogP contribution in [0.3, 0.4) is 0 Å². The van der Waals surface area contributed by atoms with Crippen molar-refractivity contribution in [2.75, 3.05) is 4.90 Å². The largest absolute Gasteiger partial charge is 0.294 e. The molecular formula is C10H14N2O. The van der Waals surface area contributed by atoms with Crippen molar-refractivity contribution in [3.05, 3.63) is 24.4 Å². The molecule has 0 aliphatic carbocycles. The van der Waals surface area contributed by atoms with Crippen LogP contribution < -0.4 is 4.90 Å². The molecule has 0 N–H and O–H groups in total. The van der Waals surface area contributed by atoms with Gasteiger partial charge in [-0.1, -0.05) is 6.07 Å². The molecule has 0 radical (unpaired) electrons. The highest BCUT2D eigenvalue weighted by Gasteiger charge is 2.21. The quantitative estimate of drug-likeness (QED) is 0.647. The summed E-state index contributed by atoms with van der Waals surface area (Å²) in [7, 11) is 0. The van der Waals surface area contributed by atoms with Crippen LogP contribution in [0.5, 0.6) is 0 Å². The number of aromatic nitrogens is 1. The van der Waals surface area contributed by atoms with E-state index in [-0.39, 0.29) is 5.54 Å². The Kier molecular flexibility index (Phi) is 2.66. The minimum atomic E-state index is -0.226. The number of rotatable bonds is 2. The predicted octanol–water partition coefficient (Wildman–Crippen LogP) is 1.84. The normalized spacial score (nSPS) is 11.0. The Bertz CT molecular complexity index is 277. The second kappa shape index (κ2) is 3.56. The van der Waals surface area contributed by atoms with E-state index in [9.17, 15) is 4.79 Å². The lowest BCUT2D eigenvalue weighted by molar-refractivity contribution is -0.108. The Balaban J connectivity index is 2.99. The molecule has 1 heterocycles. The summed E-state index contributed by atoms with van der Waals surface area (Å²) in [6.45, 7) is 5.90. The number of hydrogen-bond donors (Lipinski definition) is 0. The zero-order valence-corrected chi connectivity index (χ0v) is 8.19. The van der Waals surface area contributed by atoms with Gasteiger partial charge in [-0.15, -0.1) is 0 Å². The molecule has 70 valence electrons. The molecular weight excluding hydrogens is 164 g/mol. The fraction of sp³-hybridized carbons (Fsp3) is 0.400. The first-order valence-corrected chi connectivity index (χ1v) is 4.21. The van der Waals surface area contributed by atoms with E-state index in [1.165, 1.54) is 0 Å². The van der Waals surface area contributed by atoms with Crippen molar-refractivity contribution >= 4 is 12.2 Å². The second-order valence-corrected chi connectivity index (χ2v) is 3.83. The third-order valence-corrected chi connectivity index (χ3v) is 1.72. The Morgan fingerprint density at radius 2 is 2.08 bits per heavy atom. The molecule has 1 rings (SSSR count). The SMILES string of the molecule is CC(C)(C)N(C=O)c1ccccn1. The van der Waals surface area contributed by atoms with Crippen LogP contribution in [-0.4, -0.2) is 16.9 Å². The molecule has 0 unspecified atom stereocenters. The summed E-state index contributed by atoms with van der Waals surface area (Å²) in [6, 6.07) is 5.51. The molecule has 0 saturated carbocycles. The fourth-order valence-corrected chi connectivity index (χ4v) is 1.05. The molecule has 0 fully saturated rings. The maximum Gasteiger partial charge on any atom is 0.215 e. The smallest absolute Gasteiger partial charge is 0.215 e. The summed E-state index contributed by atoms with van der Waals surface area (Å²) in [4.78, 5) is 16.6. The van der Waals surface area contributed by atoms with Crippen molar-refractivity contribution in [1.82, 2.24) is 4.98 Å². The average Bonchev–Trinajstić information content (AvgIpc) is 2.05. The topological polar surface area (TPSA) is 33.2 Å². The first kappa shape index (κ1) is 9.71. The van der Waals surface area contributed by atoms with Gasteiger partial charge in [0.2, 0.25) is 6.41 Å². The highest BCUT2D eigenvalue weighted by molar-refractivity contribution is 5.74. The van der Waals surface area contributed by atoms with Gasteiger partial charge < -0.3 is 0 Å². The van der Waals surface area contributed by atoms with E-state index in [1.54, 1.807) is 11.1 Å². The molecule has 3 nitrogen and oxygen atoms in total. The molecule has 3 heteroatoms.